The number of likely N-dealkylation sites (N-methyl/N-ethyl adjacent to an activating group) is 1. The van der Waals surface area contributed by atoms with Gasteiger partial charge in [-0.25, -0.2) is 0 Å². The predicted octanol–water partition coefficient (Wildman–Crippen LogP) is 2.45. The van der Waals surface area contributed by atoms with E-state index in [1.807, 2.05) is 18.2 Å². The normalized spacial score (nSPS) is 15.6. The second-order valence-corrected chi connectivity index (χ2v) is 7.06. The van der Waals surface area contributed by atoms with Crippen LogP contribution < -0.4 is 5.32 Å². The molecule has 120 valence electrons. The number of aryl methyl sites for hydroxylation is 1. The molecule has 1 saturated heterocycles. The van der Waals surface area contributed by atoms with E-state index >= 15 is 0 Å². The number of hydrogen-bond donors (Lipinski definition) is 1. The number of amides is 1. The molecule has 0 spiro atoms. The monoisotopic (exact) mass is 337 g/mol. The molecule has 0 radical (unpaired) electrons. The van der Waals surface area contributed by atoms with Crippen LogP contribution in [0.25, 0.3) is 0 Å². The number of piperazine rings is 1. The van der Waals surface area contributed by atoms with E-state index in [9.17, 15) is 4.79 Å². The van der Waals surface area contributed by atoms with Gasteiger partial charge >= 0.3 is 0 Å². The van der Waals surface area contributed by atoms with Gasteiger partial charge in [-0.1, -0.05) is 43.0 Å². The molecule has 0 atom stereocenters. The molecule has 6 heteroatoms. The van der Waals surface area contributed by atoms with Gasteiger partial charge in [0.2, 0.25) is 5.91 Å². The van der Waals surface area contributed by atoms with Crippen LogP contribution in [0.5, 0.6) is 0 Å². The summed E-state index contributed by atoms with van der Waals surface area (Å²) in [5.41, 5.74) is 2.08. The molecule has 1 N–H and O–H groups in total. The summed E-state index contributed by atoms with van der Waals surface area (Å²) in [4.78, 5) is 16.5. The second kappa shape index (κ2) is 8.50. The minimum Gasteiger partial charge on any atom is -0.355 e. The maximum Gasteiger partial charge on any atom is 0.234 e. The molecule has 1 aliphatic rings. The van der Waals surface area contributed by atoms with Gasteiger partial charge in [0.15, 0.2) is 0 Å². The molecule has 1 amide bonds. The van der Waals surface area contributed by atoms with Crippen molar-refractivity contribution < 1.29 is 4.79 Å². The highest BCUT2D eigenvalue weighted by Gasteiger charge is 2.17. The van der Waals surface area contributed by atoms with E-state index < -0.39 is 0 Å². The molecule has 1 fully saturated rings. The first-order chi connectivity index (χ1) is 10.6. The van der Waals surface area contributed by atoms with Crippen LogP contribution in [0.1, 0.15) is 12.5 Å². The molecular formula is C16H23N3OS2. The van der Waals surface area contributed by atoms with Gasteiger partial charge in [0.05, 0.1) is 5.75 Å². The fraction of sp³-hybridized carbons (Fsp3) is 0.500. The van der Waals surface area contributed by atoms with Crippen LogP contribution >= 0.6 is 24.0 Å². The summed E-state index contributed by atoms with van der Waals surface area (Å²) < 4.78 is 0.825. The zero-order valence-electron chi connectivity index (χ0n) is 13.2. The van der Waals surface area contributed by atoms with Crippen LogP contribution in [0.4, 0.5) is 5.69 Å². The molecule has 22 heavy (non-hydrogen) atoms. The van der Waals surface area contributed by atoms with E-state index in [1.54, 1.807) is 0 Å². The predicted molar refractivity (Wildman–Crippen MR) is 98.6 cm³/mol. The van der Waals surface area contributed by atoms with Crippen molar-refractivity contribution >= 4 is 39.9 Å². The molecule has 1 aromatic carbocycles. The third-order valence-electron chi connectivity index (χ3n) is 3.71. The zero-order chi connectivity index (χ0) is 15.9. The topological polar surface area (TPSA) is 35.6 Å². The Morgan fingerprint density at radius 2 is 2.05 bits per heavy atom. The van der Waals surface area contributed by atoms with E-state index in [-0.39, 0.29) is 5.91 Å². The largest absolute Gasteiger partial charge is 0.355 e. The Hall–Kier alpha value is -1.11. The van der Waals surface area contributed by atoms with Gasteiger partial charge in [0.25, 0.3) is 0 Å². The minimum atomic E-state index is -0.00488. The van der Waals surface area contributed by atoms with Gasteiger partial charge < -0.3 is 15.1 Å². The molecule has 0 aliphatic carbocycles. The average molecular weight is 338 g/mol. The SMILES string of the molecule is CCc1cccc(NC(=O)CSC(=S)N2CCN(C)CC2)c1. The van der Waals surface area contributed by atoms with Gasteiger partial charge in [-0.05, 0) is 31.2 Å². The Labute approximate surface area is 142 Å². The summed E-state index contributed by atoms with van der Waals surface area (Å²) in [6.07, 6.45) is 0.964. The Kier molecular flexibility index (Phi) is 6.67. The number of nitrogens with one attached hydrogen (secondary N) is 1. The van der Waals surface area contributed by atoms with Crippen molar-refractivity contribution in [3.05, 3.63) is 29.8 Å². The van der Waals surface area contributed by atoms with Crippen LogP contribution in [0.3, 0.4) is 0 Å². The van der Waals surface area contributed by atoms with Crippen molar-refractivity contribution in [1.29, 1.82) is 0 Å². The molecule has 1 heterocycles. The second-order valence-electron chi connectivity index (χ2n) is 5.45. The van der Waals surface area contributed by atoms with Crippen LogP contribution in [0.15, 0.2) is 24.3 Å². The van der Waals surface area contributed by atoms with Gasteiger partial charge in [-0.2, -0.15) is 0 Å². The molecular weight excluding hydrogens is 314 g/mol. The third kappa shape index (κ3) is 5.26. The lowest BCUT2D eigenvalue weighted by Gasteiger charge is -2.33. The molecule has 0 bridgehead atoms. The highest BCUT2D eigenvalue weighted by atomic mass is 32.2. The highest BCUT2D eigenvalue weighted by molar-refractivity contribution is 8.23. The van der Waals surface area contributed by atoms with Crippen molar-refractivity contribution in [2.24, 2.45) is 0 Å². The molecule has 0 unspecified atom stereocenters. The summed E-state index contributed by atoms with van der Waals surface area (Å²) in [6, 6.07) is 7.96. The lowest BCUT2D eigenvalue weighted by atomic mass is 10.1. The minimum absolute atomic E-state index is 0.00488. The van der Waals surface area contributed by atoms with Crippen molar-refractivity contribution in [2.75, 3.05) is 44.3 Å². The van der Waals surface area contributed by atoms with Gasteiger partial charge in [0.1, 0.15) is 4.32 Å². The number of rotatable bonds is 4. The van der Waals surface area contributed by atoms with Crippen molar-refractivity contribution in [1.82, 2.24) is 9.80 Å². The summed E-state index contributed by atoms with van der Waals surface area (Å²) in [7, 11) is 2.12. The fourth-order valence-electron chi connectivity index (χ4n) is 2.27. The third-order valence-corrected chi connectivity index (χ3v) is 5.23. The first-order valence-corrected chi connectivity index (χ1v) is 8.97. The number of benzene rings is 1. The smallest absolute Gasteiger partial charge is 0.234 e. The molecule has 1 aliphatic heterocycles. The number of hydrogen-bond acceptors (Lipinski definition) is 4. The Morgan fingerprint density at radius 3 is 2.73 bits per heavy atom. The van der Waals surface area contributed by atoms with E-state index in [0.717, 1.165) is 42.6 Å². The quantitative estimate of drug-likeness (QED) is 0.854. The number of carbonyl (C=O) groups is 1. The van der Waals surface area contributed by atoms with E-state index in [4.69, 9.17) is 12.2 Å². The van der Waals surface area contributed by atoms with Crippen molar-refractivity contribution in [3.8, 4) is 0 Å². The molecule has 0 saturated carbocycles. The van der Waals surface area contributed by atoms with Crippen molar-refractivity contribution in [2.45, 2.75) is 13.3 Å². The standard InChI is InChI=1S/C16H23N3OS2/c1-3-13-5-4-6-14(11-13)17-15(20)12-22-16(21)19-9-7-18(2)8-10-19/h4-6,11H,3,7-10,12H2,1-2H3,(H,17,20). The maximum absolute atomic E-state index is 12.0. The number of thiocarbonyl (C=S) groups is 1. The summed E-state index contributed by atoms with van der Waals surface area (Å²) in [5.74, 6) is 0.358. The molecule has 2 rings (SSSR count). The lowest BCUT2D eigenvalue weighted by Crippen LogP contribution is -2.46. The van der Waals surface area contributed by atoms with E-state index in [2.05, 4.69) is 35.2 Å². The number of carbonyl (C=O) groups excluding carboxylic acids is 1. The van der Waals surface area contributed by atoms with E-state index in [0.29, 0.717) is 5.75 Å². The molecule has 0 aromatic heterocycles. The Morgan fingerprint density at radius 1 is 1.32 bits per heavy atom. The van der Waals surface area contributed by atoms with Crippen LogP contribution in [-0.4, -0.2) is 59.0 Å². The summed E-state index contributed by atoms with van der Waals surface area (Å²) >= 11 is 6.87. The van der Waals surface area contributed by atoms with Crippen LogP contribution in [0, 0.1) is 0 Å². The number of anilines is 1. The maximum atomic E-state index is 12.0. The Balaban J connectivity index is 1.76. The number of nitrogens with zero attached hydrogens (tertiary/aromatic N) is 2. The first-order valence-electron chi connectivity index (χ1n) is 7.57. The van der Waals surface area contributed by atoms with Gasteiger partial charge in [-0.15, -0.1) is 0 Å². The average Bonchev–Trinajstić information content (AvgIpc) is 2.53. The van der Waals surface area contributed by atoms with Gasteiger partial charge in [-0.3, -0.25) is 4.79 Å². The van der Waals surface area contributed by atoms with Gasteiger partial charge in [0, 0.05) is 31.9 Å². The first kappa shape index (κ1) is 17.2. The van der Waals surface area contributed by atoms with Crippen molar-refractivity contribution in [3.63, 3.8) is 0 Å². The molecule has 1 aromatic rings. The van der Waals surface area contributed by atoms with Crippen LogP contribution in [0.2, 0.25) is 0 Å². The molecule has 4 nitrogen and oxygen atoms in total. The zero-order valence-corrected chi connectivity index (χ0v) is 14.8. The van der Waals surface area contributed by atoms with E-state index in [1.165, 1.54) is 17.3 Å². The number of thioether (sulfide) groups is 1. The lowest BCUT2D eigenvalue weighted by molar-refractivity contribution is -0.113. The summed E-state index contributed by atoms with van der Waals surface area (Å²) in [5, 5.41) is 2.94. The fourth-order valence-corrected chi connectivity index (χ4v) is 3.32. The Bertz CT molecular complexity index is 528. The van der Waals surface area contributed by atoms with Crippen LogP contribution in [-0.2, 0) is 11.2 Å². The summed E-state index contributed by atoms with van der Waals surface area (Å²) in [6.45, 7) is 6.05. The highest BCUT2D eigenvalue weighted by Crippen LogP contribution is 2.14.